The highest BCUT2D eigenvalue weighted by Crippen LogP contribution is 2.58. The van der Waals surface area contributed by atoms with Gasteiger partial charge in [-0.2, -0.15) is 0 Å². The van der Waals surface area contributed by atoms with Crippen molar-refractivity contribution in [2.24, 2.45) is 17.3 Å². The van der Waals surface area contributed by atoms with E-state index in [9.17, 15) is 5.11 Å². The van der Waals surface area contributed by atoms with E-state index in [0.29, 0.717) is 24.9 Å². The average molecular weight is 647 g/mol. The molecule has 6 heteroatoms. The normalized spacial score (nSPS) is 31.9. The first-order valence-corrected chi connectivity index (χ1v) is 23.5. The van der Waals surface area contributed by atoms with Crippen LogP contribution in [0.15, 0.2) is 35.5 Å². The smallest absolute Gasteiger partial charge is 0.192 e. The highest BCUT2D eigenvalue weighted by Gasteiger charge is 2.51. The van der Waals surface area contributed by atoms with Gasteiger partial charge in [-0.25, -0.2) is 0 Å². The maximum atomic E-state index is 10.2. The average Bonchev–Trinajstić information content (AvgIpc) is 3.20. The maximum Gasteiger partial charge on any atom is 0.192 e. The Balaban J connectivity index is 1.86. The zero-order valence-electron chi connectivity index (χ0n) is 31.3. The van der Waals surface area contributed by atoms with Crippen LogP contribution < -0.4 is 0 Å². The van der Waals surface area contributed by atoms with E-state index in [4.69, 9.17) is 13.6 Å². The Morgan fingerprint density at radius 2 is 1.55 bits per heavy atom. The second-order valence-electron chi connectivity index (χ2n) is 18.5. The van der Waals surface area contributed by atoms with Crippen molar-refractivity contribution in [3.8, 4) is 0 Å². The Morgan fingerprint density at radius 1 is 0.955 bits per heavy atom. The highest BCUT2D eigenvalue weighted by molar-refractivity contribution is 6.74. The molecule has 3 fully saturated rings. The molecule has 44 heavy (non-hydrogen) atoms. The van der Waals surface area contributed by atoms with Gasteiger partial charge in [0, 0.05) is 13.0 Å². The molecule has 0 aliphatic heterocycles. The van der Waals surface area contributed by atoms with Crippen LogP contribution in [0, 0.1) is 17.3 Å². The van der Waals surface area contributed by atoms with Crippen molar-refractivity contribution in [1.29, 1.82) is 0 Å². The fourth-order valence-electron chi connectivity index (χ4n) is 7.43. The molecule has 0 aromatic carbocycles. The van der Waals surface area contributed by atoms with Crippen LogP contribution in [0.1, 0.15) is 121 Å². The molecule has 0 radical (unpaired) electrons. The molecular weight excluding hydrogens is 577 g/mol. The van der Waals surface area contributed by atoms with Gasteiger partial charge in [-0.1, -0.05) is 72.8 Å². The van der Waals surface area contributed by atoms with Crippen molar-refractivity contribution in [2.75, 3.05) is 6.61 Å². The van der Waals surface area contributed by atoms with Crippen LogP contribution in [-0.4, -0.2) is 52.3 Å². The molecule has 0 bridgehead atoms. The molecule has 6 atom stereocenters. The summed E-state index contributed by atoms with van der Waals surface area (Å²) in [4.78, 5) is 0. The molecule has 0 spiro atoms. The standard InChI is InChI=1S/C38H70O4Si2/c1-27-30(25-31(41-43(12,13)35(3,4)5)26-34(27)42-44(14,15)36(6,7)8)19-18-29-17-16-22-38(11)32(20-21-33(29)38)28(2)40-24-23-37(9,10)39/h18-19,28,31-34,39H,1,16-17,20-26H2,2-15H3/t28?,31?,32?,33?,34?,38-/m1/s1. The van der Waals surface area contributed by atoms with E-state index in [1.165, 1.54) is 43.3 Å². The molecule has 4 nitrogen and oxygen atoms in total. The third kappa shape index (κ3) is 8.89. The summed E-state index contributed by atoms with van der Waals surface area (Å²) in [5, 5.41) is 10.5. The van der Waals surface area contributed by atoms with Crippen LogP contribution in [0.3, 0.4) is 0 Å². The first kappa shape index (κ1) is 37.9. The summed E-state index contributed by atoms with van der Waals surface area (Å²) in [6, 6.07) is 0. The lowest BCUT2D eigenvalue weighted by atomic mass is 9.62. The second-order valence-corrected chi connectivity index (χ2v) is 28.0. The Hall–Kier alpha value is -0.506. The van der Waals surface area contributed by atoms with Crippen molar-refractivity contribution < 1.29 is 18.7 Å². The largest absolute Gasteiger partial charge is 0.413 e. The molecule has 0 aromatic heterocycles. The zero-order chi connectivity index (χ0) is 33.5. The molecular formula is C38H70O4Si2. The summed E-state index contributed by atoms with van der Waals surface area (Å²) in [6.07, 6.45) is 13.9. The van der Waals surface area contributed by atoms with E-state index >= 15 is 0 Å². The van der Waals surface area contributed by atoms with Gasteiger partial charge in [0.05, 0.1) is 23.9 Å². The van der Waals surface area contributed by atoms with Crippen LogP contribution in [0.4, 0.5) is 0 Å². The van der Waals surface area contributed by atoms with Crippen molar-refractivity contribution in [3.05, 3.63) is 35.5 Å². The van der Waals surface area contributed by atoms with Crippen LogP contribution in [0.25, 0.3) is 0 Å². The minimum atomic E-state index is -1.98. The lowest BCUT2D eigenvalue weighted by Gasteiger charge is -2.45. The molecule has 3 rings (SSSR count). The molecule has 0 amide bonds. The van der Waals surface area contributed by atoms with Crippen molar-refractivity contribution >= 4 is 16.6 Å². The van der Waals surface area contributed by atoms with Gasteiger partial charge in [0.2, 0.25) is 0 Å². The first-order valence-electron chi connectivity index (χ1n) is 17.7. The molecule has 0 aromatic rings. The number of allylic oxidation sites excluding steroid dienone is 3. The summed E-state index contributed by atoms with van der Waals surface area (Å²) in [7, 11) is -3.92. The van der Waals surface area contributed by atoms with Crippen LogP contribution in [-0.2, 0) is 13.6 Å². The third-order valence-corrected chi connectivity index (χ3v) is 21.5. The maximum absolute atomic E-state index is 10.2. The monoisotopic (exact) mass is 646 g/mol. The third-order valence-electron chi connectivity index (χ3n) is 12.4. The van der Waals surface area contributed by atoms with Crippen LogP contribution >= 0.6 is 0 Å². The summed E-state index contributed by atoms with van der Waals surface area (Å²) in [5.41, 5.74) is 3.68. The number of aliphatic hydroxyl groups is 1. The van der Waals surface area contributed by atoms with Gasteiger partial charge in [-0.3, -0.25) is 0 Å². The summed E-state index contributed by atoms with van der Waals surface area (Å²) in [6.45, 7) is 37.2. The van der Waals surface area contributed by atoms with Gasteiger partial charge < -0.3 is 18.7 Å². The molecule has 0 saturated heterocycles. The molecule has 3 saturated carbocycles. The van der Waals surface area contributed by atoms with Gasteiger partial charge >= 0.3 is 0 Å². The van der Waals surface area contributed by atoms with Gasteiger partial charge in [-0.15, -0.1) is 0 Å². The summed E-state index contributed by atoms with van der Waals surface area (Å²) in [5.74, 6) is 1.16. The van der Waals surface area contributed by atoms with Crippen molar-refractivity contribution in [3.63, 3.8) is 0 Å². The Bertz CT molecular complexity index is 1070. The fraction of sp³-hybridized carbons (Fsp3) is 0.842. The molecule has 3 aliphatic carbocycles. The van der Waals surface area contributed by atoms with E-state index < -0.39 is 22.2 Å². The van der Waals surface area contributed by atoms with E-state index in [1.54, 1.807) is 5.57 Å². The Labute approximate surface area is 274 Å². The van der Waals surface area contributed by atoms with Gasteiger partial charge in [0.15, 0.2) is 16.6 Å². The molecule has 5 unspecified atom stereocenters. The first-order chi connectivity index (χ1) is 19.9. The number of rotatable bonds is 10. The molecule has 3 aliphatic rings. The lowest BCUT2D eigenvalue weighted by molar-refractivity contribution is -0.0454. The fourth-order valence-corrected chi connectivity index (χ4v) is 10.1. The molecule has 1 N–H and O–H groups in total. The second kappa shape index (κ2) is 13.5. The minimum absolute atomic E-state index is 0.0124. The van der Waals surface area contributed by atoms with Crippen LogP contribution in [0.2, 0.25) is 36.3 Å². The number of fused-ring (bicyclic) bond motifs is 1. The Kier molecular flexibility index (Phi) is 11.7. The van der Waals surface area contributed by atoms with Crippen LogP contribution in [0.5, 0.6) is 0 Å². The van der Waals surface area contributed by atoms with E-state index in [2.05, 4.69) is 100 Å². The quantitative estimate of drug-likeness (QED) is 0.240. The molecule has 0 heterocycles. The van der Waals surface area contributed by atoms with Gasteiger partial charge in [-0.05, 0) is 130 Å². The van der Waals surface area contributed by atoms with E-state index in [0.717, 1.165) is 12.8 Å². The highest BCUT2D eigenvalue weighted by atomic mass is 28.4. The van der Waals surface area contributed by atoms with Crippen molar-refractivity contribution in [1.82, 2.24) is 0 Å². The SMILES string of the molecule is C=C1C(=CC=C2CCC[C@@]3(C)C2CCC3C(C)OCCC(C)(C)O)CC(O[Si](C)(C)C(C)(C)C)CC1O[Si](C)(C)C(C)(C)C. The van der Waals surface area contributed by atoms with Gasteiger partial charge in [0.25, 0.3) is 0 Å². The predicted molar refractivity (Wildman–Crippen MR) is 193 cm³/mol. The van der Waals surface area contributed by atoms with Gasteiger partial charge in [0.1, 0.15) is 0 Å². The summed E-state index contributed by atoms with van der Waals surface area (Å²) >= 11 is 0. The van der Waals surface area contributed by atoms with Crippen molar-refractivity contribution in [2.45, 2.75) is 181 Å². The minimum Gasteiger partial charge on any atom is -0.413 e. The van der Waals surface area contributed by atoms with E-state index in [1.807, 2.05) is 13.8 Å². The molecule has 254 valence electrons. The lowest BCUT2D eigenvalue weighted by Crippen LogP contribution is -2.49. The number of hydrogen-bond acceptors (Lipinski definition) is 4. The van der Waals surface area contributed by atoms with E-state index in [-0.39, 0.29) is 33.8 Å². The predicted octanol–water partition coefficient (Wildman–Crippen LogP) is 10.8. The number of ether oxygens (including phenoxy) is 1. The zero-order valence-corrected chi connectivity index (χ0v) is 33.3. The number of hydrogen-bond donors (Lipinski definition) is 1. The topological polar surface area (TPSA) is 47.9 Å². The summed E-state index contributed by atoms with van der Waals surface area (Å²) < 4.78 is 20.5. The Morgan fingerprint density at radius 3 is 2.11 bits per heavy atom.